The lowest BCUT2D eigenvalue weighted by atomic mass is 10.2. The number of thiazole rings is 1. The highest BCUT2D eigenvalue weighted by Gasteiger charge is 2.10. The van der Waals surface area contributed by atoms with E-state index in [0.717, 1.165) is 10.2 Å². The number of carbonyl (C=O) groups is 1. The Balaban J connectivity index is 2.21. The van der Waals surface area contributed by atoms with Crippen LogP contribution in [0, 0.1) is 0 Å². The van der Waals surface area contributed by atoms with E-state index in [-0.39, 0.29) is 5.97 Å². The van der Waals surface area contributed by atoms with Crippen molar-refractivity contribution in [2.45, 2.75) is 0 Å². The van der Waals surface area contributed by atoms with E-state index in [0.29, 0.717) is 15.8 Å². The van der Waals surface area contributed by atoms with Crippen LogP contribution < -0.4 is 10.7 Å². The molecule has 0 saturated heterocycles. The molecule has 8 heteroatoms. The number of fused-ring (bicyclic) bond motifs is 1. The molecular formula is C12H14N4O2S2. The number of carbonyl (C=O) groups excluding carboxylic acids is 1. The Labute approximate surface area is 125 Å². The third-order valence-corrected chi connectivity index (χ3v) is 3.48. The standard InChI is InChI=1S/C12H14N4O2S2/c1-16(2)15-11(19)14-12-13-8-5-4-7(10(17)18-3)6-9(8)20-12/h4-6H,1-3H3,(H2,13,14,15,19). The molecule has 0 bridgehead atoms. The SMILES string of the molecule is COC(=O)c1ccc2nc(NC(=S)NN(C)C)sc2c1. The van der Waals surface area contributed by atoms with Crippen molar-refractivity contribution in [2.24, 2.45) is 0 Å². The van der Waals surface area contributed by atoms with E-state index in [9.17, 15) is 4.79 Å². The van der Waals surface area contributed by atoms with E-state index >= 15 is 0 Å². The minimum atomic E-state index is -0.361. The first kappa shape index (κ1) is 14.6. The van der Waals surface area contributed by atoms with Gasteiger partial charge in [-0.2, -0.15) is 0 Å². The number of rotatable bonds is 3. The summed E-state index contributed by atoms with van der Waals surface area (Å²) in [6.07, 6.45) is 0. The molecule has 1 heterocycles. The summed E-state index contributed by atoms with van der Waals surface area (Å²) in [6, 6.07) is 5.23. The van der Waals surface area contributed by atoms with Crippen molar-refractivity contribution in [3.8, 4) is 0 Å². The topological polar surface area (TPSA) is 66.5 Å². The molecular weight excluding hydrogens is 296 g/mol. The maximum atomic E-state index is 11.5. The number of ether oxygens (including phenoxy) is 1. The summed E-state index contributed by atoms with van der Waals surface area (Å²) in [4.78, 5) is 15.9. The highest BCUT2D eigenvalue weighted by Crippen LogP contribution is 2.26. The average Bonchev–Trinajstić information content (AvgIpc) is 2.77. The fourth-order valence-electron chi connectivity index (χ4n) is 1.55. The predicted molar refractivity (Wildman–Crippen MR) is 84.0 cm³/mol. The number of thiocarbonyl (C=S) groups is 1. The molecule has 2 aromatic rings. The predicted octanol–water partition coefficient (Wildman–Crippen LogP) is 1.85. The first-order valence-electron chi connectivity index (χ1n) is 5.73. The molecule has 6 nitrogen and oxygen atoms in total. The lowest BCUT2D eigenvalue weighted by molar-refractivity contribution is 0.0601. The van der Waals surface area contributed by atoms with Crippen LogP contribution in [0.25, 0.3) is 10.2 Å². The van der Waals surface area contributed by atoms with Crippen molar-refractivity contribution in [1.82, 2.24) is 15.4 Å². The van der Waals surface area contributed by atoms with Crippen LogP contribution in [0.5, 0.6) is 0 Å². The summed E-state index contributed by atoms with van der Waals surface area (Å²) in [6.45, 7) is 0. The Morgan fingerprint density at radius 1 is 1.45 bits per heavy atom. The number of hydrazine groups is 1. The summed E-state index contributed by atoms with van der Waals surface area (Å²) < 4.78 is 5.59. The highest BCUT2D eigenvalue weighted by molar-refractivity contribution is 7.80. The normalized spacial score (nSPS) is 10.6. The van der Waals surface area contributed by atoms with Gasteiger partial charge in [-0.3, -0.25) is 5.43 Å². The number of benzene rings is 1. The number of hydrogen-bond donors (Lipinski definition) is 2. The van der Waals surface area contributed by atoms with Crippen molar-refractivity contribution in [3.63, 3.8) is 0 Å². The third kappa shape index (κ3) is 3.41. The van der Waals surface area contributed by atoms with Crippen molar-refractivity contribution in [2.75, 3.05) is 26.5 Å². The van der Waals surface area contributed by atoms with E-state index in [2.05, 4.69) is 15.7 Å². The monoisotopic (exact) mass is 310 g/mol. The Hall–Kier alpha value is -1.77. The van der Waals surface area contributed by atoms with Crippen LogP contribution in [0.1, 0.15) is 10.4 Å². The second-order valence-electron chi connectivity index (χ2n) is 4.15. The van der Waals surface area contributed by atoms with Crippen molar-refractivity contribution < 1.29 is 9.53 Å². The largest absolute Gasteiger partial charge is 0.465 e. The van der Waals surface area contributed by atoms with E-state index in [1.165, 1.54) is 18.4 Å². The molecule has 0 saturated carbocycles. The molecule has 0 aliphatic carbocycles. The van der Waals surface area contributed by atoms with Gasteiger partial charge in [-0.15, -0.1) is 0 Å². The Morgan fingerprint density at radius 3 is 2.85 bits per heavy atom. The van der Waals surface area contributed by atoms with Crippen LogP contribution in [-0.2, 0) is 4.74 Å². The summed E-state index contributed by atoms with van der Waals surface area (Å²) in [5.41, 5.74) is 4.23. The van der Waals surface area contributed by atoms with Crippen LogP contribution in [0.2, 0.25) is 0 Å². The maximum absolute atomic E-state index is 11.5. The van der Waals surface area contributed by atoms with Gasteiger partial charge in [0.25, 0.3) is 0 Å². The van der Waals surface area contributed by atoms with Gasteiger partial charge in [0.15, 0.2) is 10.2 Å². The number of nitrogens with one attached hydrogen (secondary N) is 2. The van der Waals surface area contributed by atoms with Crippen LogP contribution in [-0.4, -0.2) is 42.3 Å². The molecule has 1 aromatic carbocycles. The zero-order valence-electron chi connectivity index (χ0n) is 11.3. The number of aromatic nitrogens is 1. The first-order valence-corrected chi connectivity index (χ1v) is 6.96. The molecule has 0 spiro atoms. The number of anilines is 1. The second-order valence-corrected chi connectivity index (χ2v) is 5.59. The lowest BCUT2D eigenvalue weighted by Crippen LogP contribution is -2.38. The molecule has 2 rings (SSSR count). The van der Waals surface area contributed by atoms with Gasteiger partial charge in [-0.25, -0.2) is 14.8 Å². The minimum absolute atomic E-state index is 0.361. The summed E-state index contributed by atoms with van der Waals surface area (Å²) in [5, 5.41) is 5.86. The Bertz CT molecular complexity index is 654. The summed E-state index contributed by atoms with van der Waals surface area (Å²) >= 11 is 6.55. The van der Waals surface area contributed by atoms with E-state index < -0.39 is 0 Å². The van der Waals surface area contributed by atoms with Gasteiger partial charge in [0.1, 0.15) is 0 Å². The molecule has 106 valence electrons. The number of nitrogens with zero attached hydrogens (tertiary/aromatic N) is 2. The third-order valence-electron chi connectivity index (χ3n) is 2.36. The molecule has 2 N–H and O–H groups in total. The van der Waals surface area contributed by atoms with E-state index in [4.69, 9.17) is 17.0 Å². The van der Waals surface area contributed by atoms with Crippen molar-refractivity contribution >= 4 is 50.0 Å². The lowest BCUT2D eigenvalue weighted by Gasteiger charge is -2.13. The van der Waals surface area contributed by atoms with Gasteiger partial charge in [0.05, 0.1) is 22.9 Å². The molecule has 0 atom stereocenters. The number of hydrogen-bond acceptors (Lipinski definition) is 6. The van der Waals surface area contributed by atoms with Crippen LogP contribution in [0.15, 0.2) is 18.2 Å². The Kier molecular flexibility index (Phi) is 4.48. The number of methoxy groups -OCH3 is 1. The smallest absolute Gasteiger partial charge is 0.337 e. The molecule has 0 aliphatic rings. The molecule has 0 aliphatic heterocycles. The fraction of sp³-hybridized carbons (Fsp3) is 0.250. The van der Waals surface area contributed by atoms with Crippen molar-refractivity contribution in [1.29, 1.82) is 0 Å². The molecule has 1 aromatic heterocycles. The molecule has 0 fully saturated rings. The zero-order valence-corrected chi connectivity index (χ0v) is 12.9. The molecule has 20 heavy (non-hydrogen) atoms. The Morgan fingerprint density at radius 2 is 2.20 bits per heavy atom. The fourth-order valence-corrected chi connectivity index (χ4v) is 2.80. The highest BCUT2D eigenvalue weighted by atomic mass is 32.1. The van der Waals surface area contributed by atoms with Crippen LogP contribution in [0.3, 0.4) is 0 Å². The molecule has 0 radical (unpaired) electrons. The van der Waals surface area contributed by atoms with Crippen LogP contribution in [0.4, 0.5) is 5.13 Å². The molecule has 0 unspecified atom stereocenters. The summed E-state index contributed by atoms with van der Waals surface area (Å²) in [5.74, 6) is -0.361. The van der Waals surface area contributed by atoms with Gasteiger partial charge in [-0.1, -0.05) is 11.3 Å². The second kappa shape index (κ2) is 6.12. The number of esters is 1. The van der Waals surface area contributed by atoms with E-state index in [1.54, 1.807) is 23.2 Å². The quantitative estimate of drug-likeness (QED) is 0.509. The zero-order chi connectivity index (χ0) is 14.7. The summed E-state index contributed by atoms with van der Waals surface area (Å²) in [7, 11) is 5.04. The van der Waals surface area contributed by atoms with Gasteiger partial charge < -0.3 is 10.1 Å². The van der Waals surface area contributed by atoms with Gasteiger partial charge in [-0.05, 0) is 30.4 Å². The van der Waals surface area contributed by atoms with Gasteiger partial charge in [0, 0.05) is 14.1 Å². The van der Waals surface area contributed by atoms with Gasteiger partial charge in [0.2, 0.25) is 0 Å². The van der Waals surface area contributed by atoms with Gasteiger partial charge >= 0.3 is 5.97 Å². The minimum Gasteiger partial charge on any atom is -0.465 e. The average molecular weight is 310 g/mol. The molecule has 0 amide bonds. The van der Waals surface area contributed by atoms with Crippen molar-refractivity contribution in [3.05, 3.63) is 23.8 Å². The maximum Gasteiger partial charge on any atom is 0.337 e. The first-order chi connectivity index (χ1) is 9.49. The van der Waals surface area contributed by atoms with E-state index in [1.807, 2.05) is 14.1 Å². The van der Waals surface area contributed by atoms with Crippen LogP contribution >= 0.6 is 23.6 Å².